The first-order valence-corrected chi connectivity index (χ1v) is 10.6. The summed E-state index contributed by atoms with van der Waals surface area (Å²) in [5.74, 6) is -0.436. The largest absolute Gasteiger partial charge is 0.352 e. The zero-order valence-electron chi connectivity index (χ0n) is 16.7. The van der Waals surface area contributed by atoms with Gasteiger partial charge in [-0.1, -0.05) is 59.9 Å². The quantitative estimate of drug-likeness (QED) is 0.569. The maximum atomic E-state index is 13.2. The van der Waals surface area contributed by atoms with Crippen LogP contribution in [0.3, 0.4) is 0 Å². The number of hydrogen-bond donors (Lipinski definition) is 1. The summed E-state index contributed by atoms with van der Waals surface area (Å²) >= 11 is 18.4. The molecule has 0 aliphatic carbocycles. The van der Waals surface area contributed by atoms with Crippen molar-refractivity contribution in [3.63, 3.8) is 0 Å². The molecule has 2 rings (SSSR count). The zero-order chi connectivity index (χ0) is 21.6. The molecular formula is C22H25Cl3N2O2. The molecule has 0 aliphatic rings. The van der Waals surface area contributed by atoms with Gasteiger partial charge < -0.3 is 10.2 Å². The summed E-state index contributed by atoms with van der Waals surface area (Å²) in [5, 5.41) is 4.40. The van der Waals surface area contributed by atoms with E-state index in [9.17, 15) is 9.59 Å². The third-order valence-corrected chi connectivity index (χ3v) is 5.78. The van der Waals surface area contributed by atoms with Crippen molar-refractivity contribution in [3.05, 3.63) is 68.7 Å². The molecule has 2 aromatic carbocycles. The highest BCUT2D eigenvalue weighted by molar-refractivity contribution is 6.36. The van der Waals surface area contributed by atoms with Gasteiger partial charge in [0.2, 0.25) is 11.8 Å². The molecule has 0 heterocycles. The Labute approximate surface area is 187 Å². The lowest BCUT2D eigenvalue weighted by Gasteiger charge is -2.30. The predicted octanol–water partition coefficient (Wildman–Crippen LogP) is 5.52. The van der Waals surface area contributed by atoms with Crippen LogP contribution in [0.4, 0.5) is 0 Å². The van der Waals surface area contributed by atoms with Crippen molar-refractivity contribution in [2.24, 2.45) is 0 Å². The average Bonchev–Trinajstić information content (AvgIpc) is 2.69. The molecule has 0 aromatic heterocycles. The van der Waals surface area contributed by atoms with E-state index in [0.717, 1.165) is 12.0 Å². The molecule has 0 bridgehead atoms. The van der Waals surface area contributed by atoms with Gasteiger partial charge in [-0.15, -0.1) is 0 Å². The van der Waals surface area contributed by atoms with E-state index in [-0.39, 0.29) is 30.8 Å². The fourth-order valence-corrected chi connectivity index (χ4v) is 3.45. The molecular weight excluding hydrogens is 431 g/mol. The molecule has 0 radical (unpaired) electrons. The topological polar surface area (TPSA) is 49.4 Å². The van der Waals surface area contributed by atoms with Crippen molar-refractivity contribution in [1.29, 1.82) is 0 Å². The van der Waals surface area contributed by atoms with Crippen LogP contribution in [0.1, 0.15) is 38.3 Å². The molecule has 0 saturated carbocycles. The van der Waals surface area contributed by atoms with E-state index in [1.54, 1.807) is 42.2 Å². The van der Waals surface area contributed by atoms with Gasteiger partial charge in [0.25, 0.3) is 0 Å². The fraction of sp³-hybridized carbons (Fsp3) is 0.364. The molecule has 2 atom stereocenters. The highest BCUT2D eigenvalue weighted by atomic mass is 35.5. The van der Waals surface area contributed by atoms with Gasteiger partial charge in [0.15, 0.2) is 0 Å². The van der Waals surface area contributed by atoms with Crippen LogP contribution in [-0.2, 0) is 22.6 Å². The molecule has 7 heteroatoms. The highest BCUT2D eigenvalue weighted by Crippen LogP contribution is 2.26. The predicted molar refractivity (Wildman–Crippen MR) is 120 cm³/mol. The minimum atomic E-state index is -0.659. The maximum absolute atomic E-state index is 13.2. The summed E-state index contributed by atoms with van der Waals surface area (Å²) in [4.78, 5) is 27.4. The van der Waals surface area contributed by atoms with E-state index in [2.05, 4.69) is 5.32 Å². The van der Waals surface area contributed by atoms with Crippen LogP contribution in [0.15, 0.2) is 42.5 Å². The van der Waals surface area contributed by atoms with Gasteiger partial charge in [0.1, 0.15) is 6.04 Å². The van der Waals surface area contributed by atoms with Crippen LogP contribution in [0.25, 0.3) is 0 Å². The van der Waals surface area contributed by atoms with Crippen molar-refractivity contribution in [2.75, 3.05) is 0 Å². The van der Waals surface area contributed by atoms with E-state index >= 15 is 0 Å². The van der Waals surface area contributed by atoms with Crippen molar-refractivity contribution in [1.82, 2.24) is 10.2 Å². The molecule has 4 nitrogen and oxygen atoms in total. The minimum absolute atomic E-state index is 0.00699. The monoisotopic (exact) mass is 454 g/mol. The number of hydrogen-bond acceptors (Lipinski definition) is 2. The third-order valence-electron chi connectivity index (χ3n) is 4.82. The Kier molecular flexibility index (Phi) is 8.81. The lowest BCUT2D eigenvalue weighted by molar-refractivity contribution is -0.140. The van der Waals surface area contributed by atoms with Gasteiger partial charge in [0, 0.05) is 27.7 Å². The first-order chi connectivity index (χ1) is 13.7. The van der Waals surface area contributed by atoms with Gasteiger partial charge in [-0.3, -0.25) is 9.59 Å². The Morgan fingerprint density at radius 2 is 1.59 bits per heavy atom. The second-order valence-corrected chi connectivity index (χ2v) is 8.27. The van der Waals surface area contributed by atoms with Crippen LogP contribution < -0.4 is 5.32 Å². The highest BCUT2D eigenvalue weighted by Gasteiger charge is 2.27. The number of carbonyl (C=O) groups excluding carboxylic acids is 2. The smallest absolute Gasteiger partial charge is 0.242 e. The summed E-state index contributed by atoms with van der Waals surface area (Å²) in [6.45, 7) is 5.91. The molecule has 0 aliphatic heterocycles. The van der Waals surface area contributed by atoms with E-state index in [1.807, 2.05) is 26.0 Å². The Morgan fingerprint density at radius 1 is 1.00 bits per heavy atom. The average molecular weight is 456 g/mol. The number of nitrogens with zero attached hydrogens (tertiary/aromatic N) is 1. The fourth-order valence-electron chi connectivity index (χ4n) is 2.79. The molecule has 0 unspecified atom stereocenters. The van der Waals surface area contributed by atoms with E-state index < -0.39 is 6.04 Å². The lowest BCUT2D eigenvalue weighted by atomic mass is 10.1. The van der Waals surface area contributed by atoms with Gasteiger partial charge in [-0.2, -0.15) is 0 Å². The molecule has 156 valence electrons. The van der Waals surface area contributed by atoms with Crippen molar-refractivity contribution in [3.8, 4) is 0 Å². The van der Waals surface area contributed by atoms with Gasteiger partial charge in [-0.05, 0) is 55.7 Å². The second-order valence-electron chi connectivity index (χ2n) is 7.02. The van der Waals surface area contributed by atoms with Crippen LogP contribution in [-0.4, -0.2) is 28.8 Å². The zero-order valence-corrected chi connectivity index (χ0v) is 19.0. The SMILES string of the molecule is CC[C@@H](C)NC(=O)[C@@H](C)N(Cc1ccc(Cl)cc1)C(=O)Cc1c(Cl)cccc1Cl. The Balaban J connectivity index is 2.28. The summed E-state index contributed by atoms with van der Waals surface area (Å²) in [6.07, 6.45) is 0.811. The molecule has 0 saturated heterocycles. The lowest BCUT2D eigenvalue weighted by Crippen LogP contribution is -2.49. The normalized spacial score (nSPS) is 12.9. The Bertz CT molecular complexity index is 835. The summed E-state index contributed by atoms with van der Waals surface area (Å²) in [5.41, 5.74) is 1.42. The van der Waals surface area contributed by atoms with Crippen LogP contribution in [0.5, 0.6) is 0 Å². The van der Waals surface area contributed by atoms with Crippen LogP contribution in [0, 0.1) is 0 Å². The molecule has 29 heavy (non-hydrogen) atoms. The minimum Gasteiger partial charge on any atom is -0.352 e. The van der Waals surface area contributed by atoms with Crippen LogP contribution >= 0.6 is 34.8 Å². The van der Waals surface area contributed by atoms with E-state index in [0.29, 0.717) is 20.6 Å². The first kappa shape index (κ1) is 23.5. The number of amides is 2. The number of halogens is 3. The number of rotatable bonds is 8. The van der Waals surface area contributed by atoms with E-state index in [1.165, 1.54) is 0 Å². The second kappa shape index (κ2) is 10.9. The molecule has 2 aromatic rings. The van der Waals surface area contributed by atoms with Gasteiger partial charge in [-0.25, -0.2) is 0 Å². The number of nitrogens with one attached hydrogen (secondary N) is 1. The number of benzene rings is 2. The molecule has 2 amide bonds. The summed E-state index contributed by atoms with van der Waals surface area (Å²) in [6, 6.07) is 11.7. The van der Waals surface area contributed by atoms with Crippen molar-refractivity contribution in [2.45, 2.75) is 52.2 Å². The summed E-state index contributed by atoms with van der Waals surface area (Å²) < 4.78 is 0. The van der Waals surface area contributed by atoms with Gasteiger partial charge in [0.05, 0.1) is 6.42 Å². The molecule has 0 fully saturated rings. The summed E-state index contributed by atoms with van der Waals surface area (Å²) in [7, 11) is 0. The van der Waals surface area contributed by atoms with Crippen LogP contribution in [0.2, 0.25) is 15.1 Å². The van der Waals surface area contributed by atoms with Gasteiger partial charge >= 0.3 is 0 Å². The first-order valence-electron chi connectivity index (χ1n) is 9.50. The number of carbonyl (C=O) groups is 2. The Hall–Kier alpha value is -1.75. The Morgan fingerprint density at radius 3 is 2.14 bits per heavy atom. The molecule has 1 N–H and O–H groups in total. The molecule has 0 spiro atoms. The third kappa shape index (κ3) is 6.63. The van der Waals surface area contributed by atoms with Crippen molar-refractivity contribution < 1.29 is 9.59 Å². The maximum Gasteiger partial charge on any atom is 0.242 e. The van der Waals surface area contributed by atoms with Crippen molar-refractivity contribution >= 4 is 46.6 Å². The van der Waals surface area contributed by atoms with E-state index in [4.69, 9.17) is 34.8 Å². The standard InChI is InChI=1S/C22H25Cl3N2O2/c1-4-14(2)26-22(29)15(3)27(13-16-8-10-17(23)11-9-16)21(28)12-18-19(24)6-5-7-20(18)25/h5-11,14-15H,4,12-13H2,1-3H3,(H,26,29)/t14-,15-/m1/s1.